The van der Waals surface area contributed by atoms with E-state index in [-0.39, 0.29) is 18.7 Å². The van der Waals surface area contributed by atoms with Gasteiger partial charge in [-0.2, -0.15) is 0 Å². The number of unbranched alkanes of at least 4 members (excludes halogenated alkanes) is 1. The van der Waals surface area contributed by atoms with E-state index in [0.29, 0.717) is 18.5 Å². The summed E-state index contributed by atoms with van der Waals surface area (Å²) in [6.45, 7) is 12.3. The maximum Gasteiger partial charge on any atom is 0.419 e. The SMILES string of the molecule is CCOC(=O)/C(=C/CCCN(C(=O)OC(C)(C)C)C(=O)OC(C)(C)C)c1cn(C(c2ccccc2)(c2ccccc2)c2ccccc2)cn1. The molecule has 0 saturated heterocycles. The first-order valence-corrected chi connectivity index (χ1v) is 16.6. The Bertz CT molecular complexity index is 1590. The van der Waals surface area contributed by atoms with Gasteiger partial charge in [0.15, 0.2) is 0 Å². The molecule has 0 aliphatic rings. The van der Waals surface area contributed by atoms with Crippen molar-refractivity contribution < 1.29 is 28.6 Å². The molecule has 49 heavy (non-hydrogen) atoms. The fourth-order valence-corrected chi connectivity index (χ4v) is 5.52. The summed E-state index contributed by atoms with van der Waals surface area (Å²) in [6.07, 6.45) is 4.42. The van der Waals surface area contributed by atoms with Crippen molar-refractivity contribution in [2.24, 2.45) is 0 Å². The number of hydrogen-bond donors (Lipinski definition) is 0. The van der Waals surface area contributed by atoms with Crippen LogP contribution in [0.1, 0.15) is 83.7 Å². The molecule has 3 aromatic carbocycles. The number of imidazole rings is 1. The number of esters is 1. The molecule has 1 heterocycles. The summed E-state index contributed by atoms with van der Waals surface area (Å²) in [5.74, 6) is -0.520. The number of allylic oxidation sites excluding steroid dienone is 1. The Labute approximate surface area is 289 Å². The Morgan fingerprint density at radius 1 is 0.735 bits per heavy atom. The Balaban J connectivity index is 1.72. The van der Waals surface area contributed by atoms with Gasteiger partial charge in [-0.05, 0) is 78.0 Å². The molecule has 0 aliphatic carbocycles. The summed E-state index contributed by atoms with van der Waals surface area (Å²) in [5, 5.41) is 0. The van der Waals surface area contributed by atoms with Crippen molar-refractivity contribution in [3.63, 3.8) is 0 Å². The van der Waals surface area contributed by atoms with Gasteiger partial charge in [-0.3, -0.25) is 0 Å². The van der Waals surface area contributed by atoms with E-state index < -0.39 is 34.9 Å². The molecular weight excluding hydrogens is 618 g/mol. The van der Waals surface area contributed by atoms with Crippen molar-refractivity contribution >= 4 is 23.7 Å². The number of ether oxygens (including phenoxy) is 3. The number of benzene rings is 3. The third kappa shape index (κ3) is 9.25. The van der Waals surface area contributed by atoms with Crippen LogP contribution in [0.5, 0.6) is 0 Å². The molecule has 258 valence electrons. The van der Waals surface area contributed by atoms with Crippen molar-refractivity contribution in [2.45, 2.75) is 78.0 Å². The molecule has 0 N–H and O–H groups in total. The lowest BCUT2D eigenvalue weighted by atomic mass is 9.77. The molecule has 0 spiro atoms. The predicted molar refractivity (Wildman–Crippen MR) is 190 cm³/mol. The first kappa shape index (κ1) is 36.7. The summed E-state index contributed by atoms with van der Waals surface area (Å²) in [4.78, 5) is 45.0. The van der Waals surface area contributed by atoms with Gasteiger partial charge >= 0.3 is 18.2 Å². The minimum atomic E-state index is -0.809. The maximum atomic E-state index is 13.4. The van der Waals surface area contributed by atoms with Gasteiger partial charge in [0.25, 0.3) is 0 Å². The van der Waals surface area contributed by atoms with Gasteiger partial charge in [0.1, 0.15) is 16.7 Å². The lowest BCUT2D eigenvalue weighted by Crippen LogP contribution is -2.44. The molecule has 4 rings (SSSR count). The topological polar surface area (TPSA) is 100.0 Å². The quantitative estimate of drug-likeness (QED) is 0.0520. The van der Waals surface area contributed by atoms with E-state index in [0.717, 1.165) is 21.6 Å². The molecule has 0 atom stereocenters. The molecule has 9 heteroatoms. The van der Waals surface area contributed by atoms with Crippen LogP contribution in [0.15, 0.2) is 110 Å². The fourth-order valence-electron chi connectivity index (χ4n) is 5.52. The average Bonchev–Trinajstić information content (AvgIpc) is 3.53. The van der Waals surface area contributed by atoms with Gasteiger partial charge in [0.05, 0.1) is 24.2 Å². The fraction of sp³-hybridized carbons (Fsp3) is 0.350. The second-order valence-electron chi connectivity index (χ2n) is 13.6. The summed E-state index contributed by atoms with van der Waals surface area (Å²) >= 11 is 0. The van der Waals surface area contributed by atoms with E-state index in [4.69, 9.17) is 19.2 Å². The zero-order chi connectivity index (χ0) is 35.7. The highest BCUT2D eigenvalue weighted by atomic mass is 16.6. The van der Waals surface area contributed by atoms with Crippen LogP contribution >= 0.6 is 0 Å². The highest BCUT2D eigenvalue weighted by Crippen LogP contribution is 2.41. The van der Waals surface area contributed by atoms with Crippen LogP contribution in [-0.4, -0.2) is 57.0 Å². The van der Waals surface area contributed by atoms with E-state index in [1.165, 1.54) is 0 Å². The Morgan fingerprint density at radius 3 is 1.59 bits per heavy atom. The van der Waals surface area contributed by atoms with Gasteiger partial charge in [-0.15, -0.1) is 0 Å². The van der Waals surface area contributed by atoms with Crippen LogP contribution in [0.2, 0.25) is 0 Å². The smallest absolute Gasteiger partial charge is 0.419 e. The van der Waals surface area contributed by atoms with E-state index in [1.54, 1.807) is 60.9 Å². The van der Waals surface area contributed by atoms with Gasteiger partial charge in [0.2, 0.25) is 0 Å². The van der Waals surface area contributed by atoms with E-state index in [2.05, 4.69) is 36.4 Å². The van der Waals surface area contributed by atoms with Gasteiger partial charge in [-0.25, -0.2) is 24.3 Å². The number of hydrogen-bond acceptors (Lipinski definition) is 7. The summed E-state index contributed by atoms with van der Waals surface area (Å²) in [6, 6.07) is 30.5. The predicted octanol–water partition coefficient (Wildman–Crippen LogP) is 8.62. The first-order valence-electron chi connectivity index (χ1n) is 16.6. The van der Waals surface area contributed by atoms with Crippen LogP contribution in [0.4, 0.5) is 9.59 Å². The third-order valence-corrected chi connectivity index (χ3v) is 7.48. The number of amides is 2. The summed E-state index contributed by atoms with van der Waals surface area (Å²) in [7, 11) is 0. The van der Waals surface area contributed by atoms with Gasteiger partial charge in [0, 0.05) is 12.7 Å². The van der Waals surface area contributed by atoms with Crippen molar-refractivity contribution in [3.8, 4) is 0 Å². The summed E-state index contributed by atoms with van der Waals surface area (Å²) < 4.78 is 18.4. The van der Waals surface area contributed by atoms with Gasteiger partial charge in [-0.1, -0.05) is 97.1 Å². The highest BCUT2D eigenvalue weighted by Gasteiger charge is 2.39. The minimum Gasteiger partial charge on any atom is -0.462 e. The van der Waals surface area contributed by atoms with Crippen molar-refractivity contribution in [1.29, 1.82) is 0 Å². The molecule has 0 fully saturated rings. The molecule has 0 saturated carbocycles. The number of carbonyl (C=O) groups is 3. The van der Waals surface area contributed by atoms with Crippen LogP contribution in [0, 0.1) is 0 Å². The lowest BCUT2D eigenvalue weighted by molar-refractivity contribution is -0.136. The highest BCUT2D eigenvalue weighted by molar-refractivity contribution is 6.15. The van der Waals surface area contributed by atoms with E-state index in [1.807, 2.05) is 65.4 Å². The van der Waals surface area contributed by atoms with Crippen LogP contribution in [0.3, 0.4) is 0 Å². The lowest BCUT2D eigenvalue weighted by Gasteiger charge is -2.37. The van der Waals surface area contributed by atoms with E-state index >= 15 is 0 Å². The maximum absolute atomic E-state index is 13.4. The molecule has 2 amide bonds. The minimum absolute atomic E-state index is 0.0179. The van der Waals surface area contributed by atoms with Gasteiger partial charge < -0.3 is 18.8 Å². The second-order valence-corrected chi connectivity index (χ2v) is 13.6. The standard InChI is InChI=1S/C40H47N3O6/c1-8-47-35(44)33(26-18-19-27-43(36(45)48-38(2,3)4)37(46)49-39(5,6)7)34-28-42(29-41-34)40(30-20-12-9-13-21-30,31-22-14-10-15-23-31)32-24-16-11-17-25-32/h9-17,20-26,28-29H,8,18-19,27H2,1-7H3/b33-26+. The first-order chi connectivity index (χ1) is 23.3. The number of carbonyl (C=O) groups excluding carboxylic acids is 3. The Kier molecular flexibility index (Phi) is 11.8. The zero-order valence-electron chi connectivity index (χ0n) is 29.5. The average molecular weight is 666 g/mol. The summed E-state index contributed by atoms with van der Waals surface area (Å²) in [5.41, 5.74) is 1.35. The molecule has 0 aliphatic heterocycles. The number of nitrogens with zero attached hydrogens (tertiary/aromatic N) is 3. The number of aromatic nitrogens is 2. The monoisotopic (exact) mass is 665 g/mol. The molecule has 0 unspecified atom stereocenters. The van der Waals surface area contributed by atoms with Crippen molar-refractivity contribution in [1.82, 2.24) is 14.5 Å². The van der Waals surface area contributed by atoms with Crippen molar-refractivity contribution in [2.75, 3.05) is 13.2 Å². The molecule has 4 aromatic rings. The second kappa shape index (κ2) is 15.8. The zero-order valence-corrected chi connectivity index (χ0v) is 29.5. The molecule has 1 aromatic heterocycles. The van der Waals surface area contributed by atoms with Crippen LogP contribution in [-0.2, 0) is 24.5 Å². The van der Waals surface area contributed by atoms with Crippen molar-refractivity contribution in [3.05, 3.63) is 132 Å². The normalized spacial score (nSPS) is 12.3. The molecular formula is C40H47N3O6. The molecule has 9 nitrogen and oxygen atoms in total. The van der Waals surface area contributed by atoms with Crippen LogP contribution < -0.4 is 0 Å². The molecule has 0 bridgehead atoms. The van der Waals surface area contributed by atoms with Crippen LogP contribution in [0.25, 0.3) is 5.57 Å². The largest absolute Gasteiger partial charge is 0.462 e. The molecule has 0 radical (unpaired) electrons. The third-order valence-electron chi connectivity index (χ3n) is 7.48. The number of rotatable bonds is 11. The number of imide groups is 1. The Morgan fingerprint density at radius 2 is 1.18 bits per heavy atom. The Hall–Kier alpha value is -5.18. The van der Waals surface area contributed by atoms with E-state index in [9.17, 15) is 14.4 Å².